The highest BCUT2D eigenvalue weighted by Gasteiger charge is 2.46. The number of para-hydroxylation sites is 1. The first kappa shape index (κ1) is 22.5. The molecule has 3 N–H and O–H groups in total. The van der Waals surface area contributed by atoms with Crippen molar-refractivity contribution < 1.29 is 4.79 Å². The zero-order valence-electron chi connectivity index (χ0n) is 20.6. The zero-order chi connectivity index (χ0) is 24.9. The summed E-state index contributed by atoms with van der Waals surface area (Å²) < 4.78 is 0. The van der Waals surface area contributed by atoms with E-state index < -0.39 is 11.6 Å². The van der Waals surface area contributed by atoms with Crippen molar-refractivity contribution in [3.8, 4) is 0 Å². The van der Waals surface area contributed by atoms with Crippen LogP contribution in [0.1, 0.15) is 47.7 Å². The third-order valence-electron chi connectivity index (χ3n) is 7.33. The summed E-state index contributed by atoms with van der Waals surface area (Å²) in [6.07, 6.45) is 6.83. The lowest BCUT2D eigenvalue weighted by Crippen LogP contribution is -2.60. The van der Waals surface area contributed by atoms with Crippen LogP contribution in [0, 0.1) is 0 Å². The first-order valence-corrected chi connectivity index (χ1v) is 12.4. The molecule has 0 saturated carbocycles. The van der Waals surface area contributed by atoms with Crippen LogP contribution in [-0.4, -0.2) is 40.4 Å². The van der Waals surface area contributed by atoms with Crippen molar-refractivity contribution in [2.45, 2.75) is 37.8 Å². The molecular weight excluding hydrogens is 448 g/mol. The molecule has 7 nitrogen and oxygen atoms in total. The average molecular weight is 479 g/mol. The molecule has 36 heavy (non-hydrogen) atoms. The number of carbonyl (C=O) groups is 1. The Hall–Kier alpha value is -3.97. The molecule has 1 aromatic heterocycles. The number of ketones is 1. The average Bonchev–Trinajstić information content (AvgIpc) is 3.40. The van der Waals surface area contributed by atoms with Crippen LogP contribution in [0.15, 0.2) is 73.1 Å². The Morgan fingerprint density at radius 3 is 2.69 bits per heavy atom. The summed E-state index contributed by atoms with van der Waals surface area (Å²) in [6, 6.07) is 15.6. The number of hydrogen-bond acceptors (Lipinski definition) is 7. The molecule has 3 aliphatic heterocycles. The highest BCUT2D eigenvalue weighted by molar-refractivity contribution is 6.10. The van der Waals surface area contributed by atoms with E-state index in [-0.39, 0.29) is 5.78 Å². The molecule has 2 atom stereocenters. The van der Waals surface area contributed by atoms with Crippen LogP contribution in [0.4, 0.5) is 23.1 Å². The van der Waals surface area contributed by atoms with Gasteiger partial charge in [-0.3, -0.25) is 4.79 Å². The van der Waals surface area contributed by atoms with Gasteiger partial charge in [-0.05, 0) is 74.7 Å². The Balaban J connectivity index is 1.33. The lowest BCUT2D eigenvalue weighted by atomic mass is 9.81. The monoisotopic (exact) mass is 478 g/mol. The maximum atomic E-state index is 13.8. The van der Waals surface area contributed by atoms with E-state index in [1.54, 1.807) is 6.20 Å². The highest BCUT2D eigenvalue weighted by atomic mass is 16.1. The first-order chi connectivity index (χ1) is 17.4. The molecule has 0 spiro atoms. The second-order valence-electron chi connectivity index (χ2n) is 10.3. The molecule has 3 aliphatic rings. The van der Waals surface area contributed by atoms with Crippen molar-refractivity contribution >= 4 is 35.0 Å². The second kappa shape index (κ2) is 8.60. The predicted octanol–water partition coefficient (Wildman–Crippen LogP) is 5.10. The Labute approximate surface area is 211 Å². The number of fused-ring (bicyclic) bond motifs is 2. The minimum absolute atomic E-state index is 0.0434. The fourth-order valence-corrected chi connectivity index (χ4v) is 5.49. The maximum absolute atomic E-state index is 13.8. The molecule has 4 heterocycles. The number of allylic oxidation sites excluding steroid dienone is 1. The van der Waals surface area contributed by atoms with Gasteiger partial charge in [-0.25, -0.2) is 4.98 Å². The van der Waals surface area contributed by atoms with Crippen molar-refractivity contribution in [1.82, 2.24) is 15.3 Å². The lowest BCUT2D eigenvalue weighted by molar-refractivity contribution is 0.0926. The normalized spacial score (nSPS) is 22.1. The quantitative estimate of drug-likeness (QED) is 0.481. The van der Waals surface area contributed by atoms with E-state index in [0.717, 1.165) is 30.0 Å². The number of nitrogens with zero attached hydrogens (tertiary/aromatic N) is 3. The van der Waals surface area contributed by atoms with Gasteiger partial charge in [0.15, 0.2) is 5.78 Å². The maximum Gasteiger partial charge on any atom is 0.229 e. The summed E-state index contributed by atoms with van der Waals surface area (Å²) in [5.41, 5.74) is 4.80. The third kappa shape index (κ3) is 3.85. The smallest absolute Gasteiger partial charge is 0.229 e. The number of benzene rings is 2. The van der Waals surface area contributed by atoms with Crippen LogP contribution in [0.2, 0.25) is 0 Å². The van der Waals surface area contributed by atoms with Crippen molar-refractivity contribution in [2.75, 3.05) is 28.6 Å². The molecule has 6 rings (SSSR count). The Morgan fingerprint density at radius 1 is 1.11 bits per heavy atom. The van der Waals surface area contributed by atoms with Crippen molar-refractivity contribution in [3.05, 3.63) is 89.8 Å². The van der Waals surface area contributed by atoms with E-state index in [1.165, 1.54) is 12.0 Å². The van der Waals surface area contributed by atoms with Crippen molar-refractivity contribution in [1.29, 1.82) is 0 Å². The topological polar surface area (TPSA) is 82.2 Å². The van der Waals surface area contributed by atoms with Crippen LogP contribution in [0.25, 0.3) is 6.08 Å². The third-order valence-corrected chi connectivity index (χ3v) is 7.33. The van der Waals surface area contributed by atoms with Crippen LogP contribution >= 0.6 is 0 Å². The number of rotatable bonds is 4. The van der Waals surface area contributed by atoms with Crippen LogP contribution in [0.3, 0.4) is 0 Å². The number of hydrogen-bond donors (Lipinski definition) is 3. The summed E-state index contributed by atoms with van der Waals surface area (Å²) in [7, 11) is 0. The summed E-state index contributed by atoms with van der Waals surface area (Å²) >= 11 is 0. The number of carbonyl (C=O) groups excluding carboxylic acids is 1. The number of nitrogens with one attached hydrogen (secondary N) is 3. The van der Waals surface area contributed by atoms with Gasteiger partial charge in [-0.15, -0.1) is 0 Å². The van der Waals surface area contributed by atoms with E-state index in [4.69, 9.17) is 4.98 Å². The summed E-state index contributed by atoms with van der Waals surface area (Å²) in [5.74, 6) is 1.76. The Kier molecular flexibility index (Phi) is 5.38. The largest absolute Gasteiger partial charge is 0.377 e. The minimum Gasteiger partial charge on any atom is -0.377 e. The number of Topliss-reactive ketones (excluding diaryl/α,β-unsaturated/α-hetero) is 1. The molecule has 0 bridgehead atoms. The molecular formula is C29H30N6O. The summed E-state index contributed by atoms with van der Waals surface area (Å²) in [4.78, 5) is 25.2. The van der Waals surface area contributed by atoms with Crippen molar-refractivity contribution in [3.63, 3.8) is 0 Å². The van der Waals surface area contributed by atoms with Gasteiger partial charge in [-0.2, -0.15) is 4.98 Å². The van der Waals surface area contributed by atoms with E-state index in [9.17, 15) is 4.79 Å². The molecule has 0 aliphatic carbocycles. The summed E-state index contributed by atoms with van der Waals surface area (Å²) in [6.45, 7) is 10.4. The first-order valence-electron chi connectivity index (χ1n) is 12.4. The standard InChI is InChI=1S/C29H30N6O/c1-18-8-9-21-17-31-28(32-22-12-10-19(11-13-22)20-14-15-30-16-20)33-27(21)35(18)26-25(36)23-6-4-5-7-24(23)34-29(26,2)3/h4-13,17,20,26,30,34H,1,14-16H2,2-3H3,(H,31,32,33). The van der Waals surface area contributed by atoms with Gasteiger partial charge in [-0.1, -0.05) is 30.8 Å². The zero-order valence-corrected chi connectivity index (χ0v) is 20.6. The molecule has 1 fully saturated rings. The molecule has 0 amide bonds. The Bertz CT molecular complexity index is 1370. The molecule has 2 aromatic carbocycles. The van der Waals surface area contributed by atoms with Gasteiger partial charge in [0.2, 0.25) is 5.95 Å². The van der Waals surface area contributed by atoms with Gasteiger partial charge in [0.25, 0.3) is 0 Å². The molecule has 182 valence electrons. The van der Waals surface area contributed by atoms with Gasteiger partial charge < -0.3 is 20.9 Å². The van der Waals surface area contributed by atoms with E-state index in [1.807, 2.05) is 55.2 Å². The fourth-order valence-electron chi connectivity index (χ4n) is 5.49. The molecule has 3 aromatic rings. The van der Waals surface area contributed by atoms with Gasteiger partial charge in [0, 0.05) is 40.9 Å². The highest BCUT2D eigenvalue weighted by Crippen LogP contribution is 2.40. The van der Waals surface area contributed by atoms with E-state index >= 15 is 0 Å². The van der Waals surface area contributed by atoms with Gasteiger partial charge >= 0.3 is 0 Å². The number of anilines is 4. The minimum atomic E-state index is -0.555. The SMILES string of the molecule is C=C1C=Cc2cnc(Nc3ccc(C4CCNC4)cc3)nc2N1C1C(=O)c2ccccc2NC1(C)C. The fraction of sp³-hybridized carbons (Fsp3) is 0.276. The van der Waals surface area contributed by atoms with Crippen LogP contribution < -0.4 is 20.9 Å². The van der Waals surface area contributed by atoms with Crippen LogP contribution in [0.5, 0.6) is 0 Å². The second-order valence-corrected chi connectivity index (χ2v) is 10.3. The van der Waals surface area contributed by atoms with Crippen LogP contribution in [-0.2, 0) is 0 Å². The molecule has 7 heteroatoms. The van der Waals surface area contributed by atoms with E-state index in [0.29, 0.717) is 28.9 Å². The number of aromatic nitrogens is 2. The predicted molar refractivity (Wildman–Crippen MR) is 145 cm³/mol. The van der Waals surface area contributed by atoms with Crippen molar-refractivity contribution in [2.24, 2.45) is 0 Å². The Morgan fingerprint density at radius 2 is 1.92 bits per heavy atom. The molecule has 0 radical (unpaired) electrons. The summed E-state index contributed by atoms with van der Waals surface area (Å²) in [5, 5.41) is 10.3. The molecule has 2 unspecified atom stereocenters. The lowest BCUT2D eigenvalue weighted by Gasteiger charge is -2.47. The van der Waals surface area contributed by atoms with Gasteiger partial charge in [0.1, 0.15) is 11.9 Å². The van der Waals surface area contributed by atoms with Gasteiger partial charge in [0.05, 0.1) is 5.54 Å². The molecule has 1 saturated heterocycles. The van der Waals surface area contributed by atoms with E-state index in [2.05, 4.69) is 51.8 Å².